The molecule has 2 unspecified atom stereocenters. The van der Waals surface area contributed by atoms with Gasteiger partial charge in [-0.3, -0.25) is 15.7 Å². The summed E-state index contributed by atoms with van der Waals surface area (Å²) in [6.45, 7) is 2.46. The van der Waals surface area contributed by atoms with Crippen LogP contribution in [0.4, 0.5) is 0 Å². The third kappa shape index (κ3) is 3.11. The summed E-state index contributed by atoms with van der Waals surface area (Å²) in [6.07, 6.45) is 10.7. The third-order valence-electron chi connectivity index (χ3n) is 6.21. The number of aromatic amines is 1. The zero-order valence-electron chi connectivity index (χ0n) is 17.7. The standard InChI is InChI=1S/C26H23N5O/c1-18(23-15-30-24-6-3-2-5-22(23)24)16-32-25(10-4-11-31-26(25,28)17-27)21-8-7-20-14-29-12-9-19(20)13-21/h2-15,18,30H,16,28H2,1H3/t18-,25?,26?/m1/s1. The number of hydrogen-bond acceptors (Lipinski definition) is 5. The number of pyridine rings is 1. The van der Waals surface area contributed by atoms with Crippen LogP contribution < -0.4 is 5.73 Å². The van der Waals surface area contributed by atoms with Crippen LogP contribution in [0, 0.1) is 11.3 Å². The fraction of sp³-hybridized carbons (Fsp3) is 0.192. The molecule has 3 atom stereocenters. The third-order valence-corrected chi connectivity index (χ3v) is 6.21. The van der Waals surface area contributed by atoms with Crippen LogP contribution in [0.1, 0.15) is 24.0 Å². The van der Waals surface area contributed by atoms with Crippen molar-refractivity contribution in [1.29, 1.82) is 5.26 Å². The monoisotopic (exact) mass is 421 g/mol. The van der Waals surface area contributed by atoms with Crippen LogP contribution in [-0.2, 0) is 10.3 Å². The maximum atomic E-state index is 10.0. The van der Waals surface area contributed by atoms with E-state index in [4.69, 9.17) is 10.5 Å². The van der Waals surface area contributed by atoms with Crippen LogP contribution in [0.25, 0.3) is 21.7 Å². The normalized spacial score (nSPS) is 23.4. The summed E-state index contributed by atoms with van der Waals surface area (Å²) in [5.41, 5.74) is 6.75. The molecular weight excluding hydrogens is 398 g/mol. The smallest absolute Gasteiger partial charge is 0.232 e. The summed E-state index contributed by atoms with van der Waals surface area (Å²) in [6, 6.07) is 18.2. The van der Waals surface area contributed by atoms with Crippen molar-refractivity contribution in [2.75, 3.05) is 6.61 Å². The van der Waals surface area contributed by atoms with Gasteiger partial charge >= 0.3 is 0 Å². The first-order chi connectivity index (χ1) is 15.6. The highest BCUT2D eigenvalue weighted by atomic mass is 16.5. The van der Waals surface area contributed by atoms with Crippen LogP contribution in [0.15, 0.2) is 84.3 Å². The molecule has 0 aliphatic carbocycles. The van der Waals surface area contributed by atoms with Crippen molar-refractivity contribution >= 4 is 27.9 Å². The molecule has 0 bridgehead atoms. The van der Waals surface area contributed by atoms with Gasteiger partial charge in [-0.1, -0.05) is 37.3 Å². The highest BCUT2D eigenvalue weighted by Crippen LogP contribution is 2.41. The summed E-state index contributed by atoms with van der Waals surface area (Å²) >= 11 is 0. The highest BCUT2D eigenvalue weighted by Gasteiger charge is 2.52. The van der Waals surface area contributed by atoms with Crippen molar-refractivity contribution in [2.24, 2.45) is 10.7 Å². The molecule has 0 spiro atoms. The minimum atomic E-state index is -1.59. The second kappa shape index (κ2) is 7.72. The number of nitrogens with zero attached hydrogens (tertiary/aromatic N) is 3. The van der Waals surface area contributed by atoms with Gasteiger partial charge in [-0.15, -0.1) is 0 Å². The second-order valence-electron chi connectivity index (χ2n) is 8.19. The van der Waals surface area contributed by atoms with Gasteiger partial charge in [0.15, 0.2) is 5.60 Å². The fourth-order valence-corrected chi connectivity index (χ4v) is 4.39. The molecule has 2 aromatic heterocycles. The lowest BCUT2D eigenvalue weighted by Gasteiger charge is -2.41. The molecule has 5 rings (SSSR count). The van der Waals surface area contributed by atoms with Gasteiger partial charge in [0.1, 0.15) is 6.07 Å². The first-order valence-corrected chi connectivity index (χ1v) is 10.5. The molecule has 158 valence electrons. The molecule has 0 fully saturated rings. The Hall–Kier alpha value is -3.79. The van der Waals surface area contributed by atoms with Crippen LogP contribution in [-0.4, -0.2) is 28.5 Å². The van der Waals surface area contributed by atoms with E-state index in [0.717, 1.165) is 32.8 Å². The molecule has 0 radical (unpaired) electrons. The van der Waals surface area contributed by atoms with E-state index in [9.17, 15) is 5.26 Å². The van der Waals surface area contributed by atoms with Crippen molar-refractivity contribution in [1.82, 2.24) is 9.97 Å². The van der Waals surface area contributed by atoms with Crippen LogP contribution in [0.3, 0.4) is 0 Å². The Bertz CT molecular complexity index is 1400. The predicted molar refractivity (Wildman–Crippen MR) is 126 cm³/mol. The number of nitriles is 1. The van der Waals surface area contributed by atoms with E-state index in [1.165, 1.54) is 0 Å². The van der Waals surface area contributed by atoms with E-state index in [0.29, 0.717) is 6.61 Å². The number of H-pyrrole nitrogens is 1. The maximum Gasteiger partial charge on any atom is 0.232 e. The number of nitrogens with one attached hydrogen (secondary N) is 1. The molecule has 1 aliphatic heterocycles. The molecule has 3 N–H and O–H groups in total. The van der Waals surface area contributed by atoms with Gasteiger partial charge in [0.25, 0.3) is 0 Å². The van der Waals surface area contributed by atoms with E-state index >= 15 is 0 Å². The number of hydrogen-bond donors (Lipinski definition) is 2. The van der Waals surface area contributed by atoms with Crippen LogP contribution in [0.2, 0.25) is 0 Å². The molecule has 0 saturated carbocycles. The Kier molecular flexibility index (Phi) is 4.86. The maximum absolute atomic E-state index is 10.0. The lowest BCUT2D eigenvalue weighted by Crippen LogP contribution is -2.58. The van der Waals surface area contributed by atoms with E-state index in [1.54, 1.807) is 24.7 Å². The lowest BCUT2D eigenvalue weighted by atomic mass is 9.79. The van der Waals surface area contributed by atoms with Crippen molar-refractivity contribution < 1.29 is 4.74 Å². The van der Waals surface area contributed by atoms with Gasteiger partial charge in [0.05, 0.1) is 6.61 Å². The number of para-hydroxylation sites is 1. The Morgan fingerprint density at radius 2 is 2.06 bits per heavy atom. The van der Waals surface area contributed by atoms with Crippen molar-refractivity contribution in [3.63, 3.8) is 0 Å². The van der Waals surface area contributed by atoms with Gasteiger partial charge in [0, 0.05) is 47.0 Å². The number of aromatic nitrogens is 2. The highest BCUT2D eigenvalue weighted by molar-refractivity contribution is 5.84. The van der Waals surface area contributed by atoms with E-state index in [2.05, 4.69) is 40.1 Å². The minimum absolute atomic E-state index is 0.0648. The Morgan fingerprint density at radius 1 is 1.19 bits per heavy atom. The zero-order valence-corrected chi connectivity index (χ0v) is 17.7. The lowest BCUT2D eigenvalue weighted by molar-refractivity contribution is -0.0550. The Labute approximate surface area is 186 Å². The molecule has 4 aromatic rings. The van der Waals surface area contributed by atoms with E-state index < -0.39 is 11.3 Å². The molecule has 0 amide bonds. The largest absolute Gasteiger partial charge is 0.361 e. The first-order valence-electron chi connectivity index (χ1n) is 10.5. The van der Waals surface area contributed by atoms with Crippen molar-refractivity contribution in [3.8, 4) is 6.07 Å². The van der Waals surface area contributed by atoms with Gasteiger partial charge in [-0.05, 0) is 46.9 Å². The molecule has 32 heavy (non-hydrogen) atoms. The van der Waals surface area contributed by atoms with E-state index in [1.807, 2.05) is 48.7 Å². The Balaban J connectivity index is 1.55. The minimum Gasteiger partial charge on any atom is -0.361 e. The summed E-state index contributed by atoms with van der Waals surface area (Å²) in [5, 5.41) is 13.2. The molecule has 3 heterocycles. The van der Waals surface area contributed by atoms with Crippen molar-refractivity contribution in [3.05, 3.63) is 90.4 Å². The number of dihydropyridines is 1. The van der Waals surface area contributed by atoms with E-state index in [-0.39, 0.29) is 5.92 Å². The van der Waals surface area contributed by atoms with Crippen LogP contribution in [0.5, 0.6) is 0 Å². The molecule has 6 nitrogen and oxygen atoms in total. The molecule has 2 aromatic carbocycles. The number of benzene rings is 2. The number of ether oxygens (including phenoxy) is 1. The van der Waals surface area contributed by atoms with Gasteiger partial charge in [-0.25, -0.2) is 0 Å². The van der Waals surface area contributed by atoms with Gasteiger partial charge < -0.3 is 9.72 Å². The fourth-order valence-electron chi connectivity index (χ4n) is 4.39. The number of nitrogens with two attached hydrogens (primary N) is 1. The van der Waals surface area contributed by atoms with Gasteiger partial charge in [-0.2, -0.15) is 5.26 Å². The number of aliphatic imine (C=N–C) groups is 1. The summed E-state index contributed by atoms with van der Waals surface area (Å²) in [5.74, 6) is 0.0648. The summed E-state index contributed by atoms with van der Waals surface area (Å²) < 4.78 is 6.57. The number of allylic oxidation sites excluding steroid dienone is 1. The predicted octanol–water partition coefficient (Wildman–Crippen LogP) is 4.55. The molecule has 6 heteroatoms. The first kappa shape index (κ1) is 20.1. The quantitative estimate of drug-likeness (QED) is 0.494. The average molecular weight is 422 g/mol. The zero-order chi connectivity index (χ0) is 22.2. The SMILES string of the molecule is C[C@H](COC1(c2ccc3cnccc3c2)C=CC=NC1(N)C#N)c1c[nH]c2ccccc12. The van der Waals surface area contributed by atoms with Crippen LogP contribution >= 0.6 is 0 Å². The number of rotatable bonds is 5. The average Bonchev–Trinajstić information content (AvgIpc) is 3.27. The van der Waals surface area contributed by atoms with Gasteiger partial charge in [0.2, 0.25) is 5.66 Å². The number of fused-ring (bicyclic) bond motifs is 2. The van der Waals surface area contributed by atoms with Crippen molar-refractivity contribution in [2.45, 2.75) is 24.1 Å². The summed E-state index contributed by atoms with van der Waals surface area (Å²) in [4.78, 5) is 11.8. The topological polar surface area (TPSA) is 100 Å². The summed E-state index contributed by atoms with van der Waals surface area (Å²) in [7, 11) is 0. The Morgan fingerprint density at radius 3 is 2.94 bits per heavy atom. The molecular formula is C26H23N5O. The molecule has 0 saturated heterocycles. The second-order valence-corrected chi connectivity index (χ2v) is 8.19. The molecule has 1 aliphatic rings.